The van der Waals surface area contributed by atoms with Crippen LogP contribution in [-0.2, 0) is 4.79 Å². The maximum absolute atomic E-state index is 11.9. The van der Waals surface area contributed by atoms with E-state index in [-0.39, 0.29) is 5.91 Å². The average molecular weight is 342 g/mol. The molecule has 0 rings (SSSR count). The number of rotatable bonds is 17. The molecule has 0 radical (unpaired) electrons. The summed E-state index contributed by atoms with van der Waals surface area (Å²) in [4.78, 5) is 11.9. The molecule has 0 unspecified atom stereocenters. The quantitative estimate of drug-likeness (QED) is 0.283. The van der Waals surface area contributed by atoms with Gasteiger partial charge in [-0.05, 0) is 19.3 Å². The summed E-state index contributed by atoms with van der Waals surface area (Å²) in [6.07, 6.45) is 16.3. The molecule has 0 atom stereocenters. The van der Waals surface area contributed by atoms with E-state index in [0.717, 1.165) is 24.0 Å². The lowest BCUT2D eigenvalue weighted by Gasteiger charge is -2.29. The van der Waals surface area contributed by atoms with Gasteiger partial charge in [-0.25, -0.2) is 0 Å². The van der Waals surface area contributed by atoms with E-state index in [9.17, 15) is 4.79 Å². The maximum atomic E-state index is 11.9. The number of likely N-dealkylation sites (N-methyl/N-ethyl adjacent to an activating group) is 1. The molecule has 0 spiro atoms. The van der Waals surface area contributed by atoms with E-state index in [0.29, 0.717) is 6.42 Å². The summed E-state index contributed by atoms with van der Waals surface area (Å²) in [6, 6.07) is 0. The van der Waals surface area contributed by atoms with Gasteiger partial charge in [0.25, 0.3) is 0 Å². The van der Waals surface area contributed by atoms with Crippen LogP contribution in [0, 0.1) is 0 Å². The molecule has 1 amide bonds. The highest BCUT2D eigenvalue weighted by Crippen LogP contribution is 2.10. The average Bonchev–Trinajstić information content (AvgIpc) is 2.53. The molecule has 0 aliphatic heterocycles. The van der Waals surface area contributed by atoms with Crippen molar-refractivity contribution in [3.8, 4) is 0 Å². The van der Waals surface area contributed by atoms with Gasteiger partial charge in [0.15, 0.2) is 0 Å². The summed E-state index contributed by atoms with van der Waals surface area (Å²) in [5.41, 5.74) is 0. The minimum atomic E-state index is 0.242. The van der Waals surface area contributed by atoms with Crippen molar-refractivity contribution in [2.45, 2.75) is 97.3 Å². The van der Waals surface area contributed by atoms with E-state index in [2.05, 4.69) is 33.3 Å². The number of carbonyl (C=O) groups excluding carboxylic acids is 1. The Bertz CT molecular complexity index is 290. The van der Waals surface area contributed by atoms with E-state index >= 15 is 0 Å². The van der Waals surface area contributed by atoms with Gasteiger partial charge in [-0.15, -0.1) is 0 Å². The van der Waals surface area contributed by atoms with Crippen LogP contribution in [0.5, 0.6) is 0 Å². The molecular formula is C21H45N2O+. The SMILES string of the molecule is CCCCCCCCCCCC(=O)NCC[N+](C)(C)CCCCC. The monoisotopic (exact) mass is 341 g/mol. The minimum Gasteiger partial charge on any atom is -0.350 e. The van der Waals surface area contributed by atoms with Crippen LogP contribution < -0.4 is 5.32 Å². The molecule has 0 aromatic heterocycles. The van der Waals surface area contributed by atoms with Crippen molar-refractivity contribution in [2.75, 3.05) is 33.7 Å². The van der Waals surface area contributed by atoms with Gasteiger partial charge in [-0.3, -0.25) is 4.79 Å². The van der Waals surface area contributed by atoms with Crippen molar-refractivity contribution in [2.24, 2.45) is 0 Å². The predicted octanol–water partition coefficient (Wildman–Crippen LogP) is 5.29. The molecule has 0 heterocycles. The molecule has 0 aromatic carbocycles. The Hall–Kier alpha value is -0.570. The molecule has 3 heteroatoms. The first-order valence-electron chi connectivity index (χ1n) is 10.6. The summed E-state index contributed by atoms with van der Waals surface area (Å²) in [7, 11) is 4.53. The van der Waals surface area contributed by atoms with Crippen molar-refractivity contribution in [1.82, 2.24) is 5.32 Å². The molecule has 0 aliphatic rings. The predicted molar refractivity (Wildman–Crippen MR) is 106 cm³/mol. The van der Waals surface area contributed by atoms with E-state index in [1.165, 1.54) is 77.2 Å². The normalized spacial score (nSPS) is 11.7. The van der Waals surface area contributed by atoms with Gasteiger partial charge in [-0.1, -0.05) is 71.6 Å². The molecule has 0 saturated heterocycles. The zero-order valence-corrected chi connectivity index (χ0v) is 17.2. The summed E-state index contributed by atoms with van der Waals surface area (Å²) in [6.45, 7) is 7.56. The Morgan fingerprint density at radius 3 is 1.79 bits per heavy atom. The largest absolute Gasteiger partial charge is 0.350 e. The lowest BCUT2D eigenvalue weighted by atomic mass is 10.1. The van der Waals surface area contributed by atoms with Crippen LogP contribution in [0.2, 0.25) is 0 Å². The third kappa shape index (κ3) is 16.3. The highest BCUT2D eigenvalue weighted by atomic mass is 16.1. The van der Waals surface area contributed by atoms with Gasteiger partial charge in [-0.2, -0.15) is 0 Å². The van der Waals surface area contributed by atoms with Gasteiger partial charge in [0.1, 0.15) is 0 Å². The molecule has 3 nitrogen and oxygen atoms in total. The number of amides is 1. The van der Waals surface area contributed by atoms with Crippen molar-refractivity contribution in [1.29, 1.82) is 0 Å². The summed E-state index contributed by atoms with van der Waals surface area (Å²) >= 11 is 0. The van der Waals surface area contributed by atoms with Gasteiger partial charge in [0, 0.05) is 6.42 Å². The molecule has 0 saturated carbocycles. The third-order valence-electron chi connectivity index (χ3n) is 4.91. The van der Waals surface area contributed by atoms with Crippen LogP contribution in [0.3, 0.4) is 0 Å². The molecule has 0 aromatic rings. The lowest BCUT2D eigenvalue weighted by Crippen LogP contribution is -2.45. The lowest BCUT2D eigenvalue weighted by molar-refractivity contribution is -0.889. The molecule has 0 aliphatic carbocycles. The number of carbonyl (C=O) groups is 1. The number of nitrogens with zero attached hydrogens (tertiary/aromatic N) is 1. The molecular weight excluding hydrogens is 296 g/mol. The van der Waals surface area contributed by atoms with Crippen LogP contribution in [0.25, 0.3) is 0 Å². The fourth-order valence-corrected chi connectivity index (χ4v) is 3.08. The number of nitrogens with one attached hydrogen (secondary N) is 1. The summed E-state index contributed by atoms with van der Waals surface area (Å²) in [5.74, 6) is 0.242. The van der Waals surface area contributed by atoms with Crippen molar-refractivity contribution >= 4 is 5.91 Å². The third-order valence-corrected chi connectivity index (χ3v) is 4.91. The Kier molecular flexibility index (Phi) is 15.6. The first-order valence-corrected chi connectivity index (χ1v) is 10.6. The summed E-state index contributed by atoms with van der Waals surface area (Å²) in [5, 5.41) is 3.10. The first-order chi connectivity index (χ1) is 11.5. The van der Waals surface area contributed by atoms with Crippen molar-refractivity contribution in [3.05, 3.63) is 0 Å². The Morgan fingerprint density at radius 1 is 0.708 bits per heavy atom. The molecule has 144 valence electrons. The zero-order chi connectivity index (χ0) is 18.1. The van der Waals surface area contributed by atoms with Crippen LogP contribution in [0.15, 0.2) is 0 Å². The zero-order valence-electron chi connectivity index (χ0n) is 17.2. The maximum Gasteiger partial charge on any atom is 0.220 e. The van der Waals surface area contributed by atoms with E-state index in [4.69, 9.17) is 0 Å². The van der Waals surface area contributed by atoms with Crippen molar-refractivity contribution in [3.63, 3.8) is 0 Å². The van der Waals surface area contributed by atoms with Crippen LogP contribution >= 0.6 is 0 Å². The molecule has 1 N–H and O–H groups in total. The van der Waals surface area contributed by atoms with Gasteiger partial charge < -0.3 is 9.80 Å². The van der Waals surface area contributed by atoms with Crippen LogP contribution in [0.4, 0.5) is 0 Å². The number of unbranched alkanes of at least 4 members (excludes halogenated alkanes) is 10. The first kappa shape index (κ1) is 23.4. The number of quaternary nitrogens is 1. The van der Waals surface area contributed by atoms with E-state index in [1.807, 2.05) is 0 Å². The van der Waals surface area contributed by atoms with Gasteiger partial charge in [0.2, 0.25) is 5.91 Å². The standard InChI is InChI=1S/C21H44N2O/c1-5-7-9-10-11-12-13-14-15-17-21(24)22-18-20-23(3,4)19-16-8-6-2/h5-20H2,1-4H3/p+1. The van der Waals surface area contributed by atoms with Crippen molar-refractivity contribution < 1.29 is 9.28 Å². The number of hydrogen-bond acceptors (Lipinski definition) is 1. The fourth-order valence-electron chi connectivity index (χ4n) is 3.08. The Labute approximate surface area is 152 Å². The Morgan fingerprint density at radius 2 is 1.21 bits per heavy atom. The highest BCUT2D eigenvalue weighted by Gasteiger charge is 2.14. The molecule has 0 bridgehead atoms. The fraction of sp³-hybridized carbons (Fsp3) is 0.952. The minimum absolute atomic E-state index is 0.242. The second-order valence-electron chi connectivity index (χ2n) is 8.02. The van der Waals surface area contributed by atoms with E-state index < -0.39 is 0 Å². The highest BCUT2D eigenvalue weighted by molar-refractivity contribution is 5.75. The smallest absolute Gasteiger partial charge is 0.220 e. The second-order valence-corrected chi connectivity index (χ2v) is 8.02. The molecule has 0 fully saturated rings. The topological polar surface area (TPSA) is 29.1 Å². The second kappa shape index (κ2) is 15.9. The molecule has 24 heavy (non-hydrogen) atoms. The van der Waals surface area contributed by atoms with Gasteiger partial charge in [0.05, 0.1) is 33.7 Å². The Balaban J connectivity index is 3.43. The number of hydrogen-bond donors (Lipinski definition) is 1. The summed E-state index contributed by atoms with van der Waals surface area (Å²) < 4.78 is 1.01. The van der Waals surface area contributed by atoms with E-state index in [1.54, 1.807) is 0 Å². The van der Waals surface area contributed by atoms with Crippen LogP contribution in [0.1, 0.15) is 97.3 Å². The van der Waals surface area contributed by atoms with Gasteiger partial charge >= 0.3 is 0 Å². The van der Waals surface area contributed by atoms with Crippen LogP contribution in [-0.4, -0.2) is 44.1 Å².